The molecule has 0 aromatic carbocycles. The molecule has 1 rings (SSSR count). The van der Waals surface area contributed by atoms with Gasteiger partial charge >= 0.3 is 0 Å². The zero-order valence-corrected chi connectivity index (χ0v) is 11.9. The standard InChI is InChI=1S/C13H27N3O2/c1-4-9-16(10-12(17)15(2)3)11-13(18)5-7-14-8-6-13/h14,18H,4-11H2,1-3H3. The van der Waals surface area contributed by atoms with E-state index in [9.17, 15) is 9.90 Å². The van der Waals surface area contributed by atoms with Gasteiger partial charge in [-0.3, -0.25) is 9.69 Å². The summed E-state index contributed by atoms with van der Waals surface area (Å²) in [6.07, 6.45) is 2.53. The summed E-state index contributed by atoms with van der Waals surface area (Å²) < 4.78 is 0. The van der Waals surface area contributed by atoms with E-state index in [0.717, 1.165) is 38.9 Å². The lowest BCUT2D eigenvalue weighted by Gasteiger charge is -2.37. The molecule has 5 heteroatoms. The van der Waals surface area contributed by atoms with Crippen molar-refractivity contribution in [3.63, 3.8) is 0 Å². The maximum atomic E-state index is 11.8. The second kappa shape index (κ2) is 7.07. The smallest absolute Gasteiger partial charge is 0.236 e. The van der Waals surface area contributed by atoms with E-state index in [0.29, 0.717) is 13.1 Å². The lowest BCUT2D eigenvalue weighted by Crippen LogP contribution is -2.51. The number of nitrogens with one attached hydrogen (secondary N) is 1. The van der Waals surface area contributed by atoms with Crippen LogP contribution in [0.2, 0.25) is 0 Å². The van der Waals surface area contributed by atoms with Crippen molar-refractivity contribution in [1.82, 2.24) is 15.1 Å². The van der Waals surface area contributed by atoms with Crippen LogP contribution in [0.25, 0.3) is 0 Å². The fraction of sp³-hybridized carbons (Fsp3) is 0.923. The van der Waals surface area contributed by atoms with E-state index in [2.05, 4.69) is 17.1 Å². The van der Waals surface area contributed by atoms with E-state index in [4.69, 9.17) is 0 Å². The average Bonchev–Trinajstić information content (AvgIpc) is 2.29. The van der Waals surface area contributed by atoms with Crippen molar-refractivity contribution in [2.75, 3.05) is 46.8 Å². The summed E-state index contributed by atoms with van der Waals surface area (Å²) in [5.74, 6) is 0.0981. The highest BCUT2D eigenvalue weighted by atomic mass is 16.3. The van der Waals surface area contributed by atoms with Gasteiger partial charge in [0.15, 0.2) is 0 Å². The number of nitrogens with zero attached hydrogens (tertiary/aromatic N) is 2. The Morgan fingerprint density at radius 1 is 1.33 bits per heavy atom. The monoisotopic (exact) mass is 257 g/mol. The van der Waals surface area contributed by atoms with Crippen LogP contribution in [-0.4, -0.2) is 73.2 Å². The van der Waals surface area contributed by atoms with E-state index < -0.39 is 5.60 Å². The second-order valence-electron chi connectivity index (χ2n) is 5.47. The maximum Gasteiger partial charge on any atom is 0.236 e. The molecule has 0 spiro atoms. The summed E-state index contributed by atoms with van der Waals surface area (Å²) in [7, 11) is 3.54. The Balaban J connectivity index is 2.53. The largest absolute Gasteiger partial charge is 0.388 e. The molecule has 0 aromatic heterocycles. The van der Waals surface area contributed by atoms with Gasteiger partial charge in [0.1, 0.15) is 0 Å². The van der Waals surface area contributed by atoms with Crippen LogP contribution >= 0.6 is 0 Å². The Bertz CT molecular complexity index is 263. The van der Waals surface area contributed by atoms with Gasteiger partial charge in [0.2, 0.25) is 5.91 Å². The number of likely N-dealkylation sites (N-methyl/N-ethyl adjacent to an activating group) is 1. The van der Waals surface area contributed by atoms with Gasteiger partial charge in [-0.25, -0.2) is 0 Å². The predicted molar refractivity (Wildman–Crippen MR) is 72.5 cm³/mol. The Hall–Kier alpha value is -0.650. The minimum Gasteiger partial charge on any atom is -0.388 e. The van der Waals surface area contributed by atoms with Gasteiger partial charge in [0, 0.05) is 20.6 Å². The van der Waals surface area contributed by atoms with Gasteiger partial charge in [-0.15, -0.1) is 0 Å². The molecule has 106 valence electrons. The summed E-state index contributed by atoms with van der Waals surface area (Å²) >= 11 is 0. The molecule has 5 nitrogen and oxygen atoms in total. The molecule has 0 bridgehead atoms. The highest BCUT2D eigenvalue weighted by molar-refractivity contribution is 5.77. The lowest BCUT2D eigenvalue weighted by atomic mass is 9.92. The summed E-state index contributed by atoms with van der Waals surface area (Å²) in [6, 6.07) is 0. The molecule has 0 saturated carbocycles. The Kier molecular flexibility index (Phi) is 6.05. The minimum absolute atomic E-state index is 0.0981. The first-order valence-electron chi connectivity index (χ1n) is 6.82. The molecule has 1 heterocycles. The molecule has 0 unspecified atom stereocenters. The third-order valence-corrected chi connectivity index (χ3v) is 3.45. The van der Waals surface area contributed by atoms with Gasteiger partial charge in [-0.05, 0) is 38.9 Å². The number of hydrogen-bond donors (Lipinski definition) is 2. The van der Waals surface area contributed by atoms with Crippen LogP contribution in [0, 0.1) is 0 Å². The van der Waals surface area contributed by atoms with Crippen LogP contribution in [-0.2, 0) is 4.79 Å². The van der Waals surface area contributed by atoms with Crippen LogP contribution in [0.1, 0.15) is 26.2 Å². The van der Waals surface area contributed by atoms with Crippen molar-refractivity contribution < 1.29 is 9.90 Å². The van der Waals surface area contributed by atoms with E-state index in [1.165, 1.54) is 0 Å². The SMILES string of the molecule is CCCN(CC(=O)N(C)C)CC1(O)CCNCC1. The van der Waals surface area contributed by atoms with E-state index >= 15 is 0 Å². The molecule has 0 aliphatic carbocycles. The number of amides is 1. The van der Waals surface area contributed by atoms with Crippen LogP contribution in [0.4, 0.5) is 0 Å². The van der Waals surface area contributed by atoms with Crippen LogP contribution in [0.15, 0.2) is 0 Å². The molecule has 2 N–H and O–H groups in total. The third kappa shape index (κ3) is 4.92. The van der Waals surface area contributed by atoms with Crippen LogP contribution in [0.3, 0.4) is 0 Å². The normalized spacial score (nSPS) is 18.9. The third-order valence-electron chi connectivity index (χ3n) is 3.45. The molecule has 1 aliphatic heterocycles. The van der Waals surface area contributed by atoms with E-state index in [-0.39, 0.29) is 5.91 Å². The predicted octanol–water partition coefficient (Wildman–Crippen LogP) is -0.0989. The molecule has 0 atom stereocenters. The van der Waals surface area contributed by atoms with Gasteiger partial charge < -0.3 is 15.3 Å². The zero-order valence-electron chi connectivity index (χ0n) is 11.9. The zero-order chi connectivity index (χ0) is 13.6. The van der Waals surface area contributed by atoms with Gasteiger partial charge in [0.25, 0.3) is 0 Å². The Morgan fingerprint density at radius 3 is 2.44 bits per heavy atom. The van der Waals surface area contributed by atoms with E-state index in [1.807, 2.05) is 0 Å². The molecule has 0 aromatic rings. The number of piperidine rings is 1. The van der Waals surface area contributed by atoms with Crippen LogP contribution in [0.5, 0.6) is 0 Å². The first-order chi connectivity index (χ1) is 8.47. The Labute approximate surface area is 110 Å². The highest BCUT2D eigenvalue weighted by Crippen LogP contribution is 2.19. The van der Waals surface area contributed by atoms with Crippen molar-refractivity contribution in [3.05, 3.63) is 0 Å². The van der Waals surface area contributed by atoms with E-state index in [1.54, 1.807) is 19.0 Å². The quantitative estimate of drug-likeness (QED) is 0.698. The van der Waals surface area contributed by atoms with Crippen molar-refractivity contribution >= 4 is 5.91 Å². The Morgan fingerprint density at radius 2 is 1.94 bits per heavy atom. The first-order valence-corrected chi connectivity index (χ1v) is 6.82. The van der Waals surface area contributed by atoms with Crippen molar-refractivity contribution in [3.8, 4) is 0 Å². The summed E-state index contributed by atoms with van der Waals surface area (Å²) in [6.45, 7) is 5.67. The molecule has 1 fully saturated rings. The topological polar surface area (TPSA) is 55.8 Å². The highest BCUT2D eigenvalue weighted by Gasteiger charge is 2.31. The molecule has 1 aliphatic rings. The summed E-state index contributed by atoms with van der Waals surface area (Å²) in [5.41, 5.74) is -0.632. The summed E-state index contributed by atoms with van der Waals surface area (Å²) in [5, 5.41) is 13.8. The fourth-order valence-electron chi connectivity index (χ4n) is 2.33. The fourth-order valence-corrected chi connectivity index (χ4v) is 2.33. The van der Waals surface area contributed by atoms with Crippen molar-refractivity contribution in [2.45, 2.75) is 31.8 Å². The number of rotatable bonds is 6. The molecular formula is C13H27N3O2. The molecule has 0 radical (unpaired) electrons. The molecular weight excluding hydrogens is 230 g/mol. The second-order valence-corrected chi connectivity index (χ2v) is 5.47. The van der Waals surface area contributed by atoms with Gasteiger partial charge in [0.05, 0.1) is 12.1 Å². The minimum atomic E-state index is -0.632. The number of carbonyl (C=O) groups excluding carboxylic acids is 1. The number of hydrogen-bond acceptors (Lipinski definition) is 4. The van der Waals surface area contributed by atoms with Gasteiger partial charge in [-0.1, -0.05) is 6.92 Å². The van der Waals surface area contributed by atoms with Gasteiger partial charge in [-0.2, -0.15) is 0 Å². The van der Waals surface area contributed by atoms with Crippen molar-refractivity contribution in [1.29, 1.82) is 0 Å². The molecule has 1 saturated heterocycles. The summed E-state index contributed by atoms with van der Waals surface area (Å²) in [4.78, 5) is 15.4. The molecule has 18 heavy (non-hydrogen) atoms. The number of carbonyl (C=O) groups is 1. The molecule has 1 amide bonds. The first kappa shape index (κ1) is 15.4. The maximum absolute atomic E-state index is 11.8. The average molecular weight is 257 g/mol. The lowest BCUT2D eigenvalue weighted by molar-refractivity contribution is -0.130. The van der Waals surface area contributed by atoms with Crippen molar-refractivity contribution in [2.24, 2.45) is 0 Å². The van der Waals surface area contributed by atoms with Crippen LogP contribution < -0.4 is 5.32 Å². The number of aliphatic hydroxyl groups is 1.